The van der Waals surface area contributed by atoms with Crippen molar-refractivity contribution in [3.63, 3.8) is 0 Å². The molecule has 2 aromatic rings. The van der Waals surface area contributed by atoms with Crippen LogP contribution in [0.2, 0.25) is 0 Å². The molecule has 3 heterocycles. The number of ether oxygens (including phenoxy) is 1. The number of hydrogen-bond acceptors (Lipinski definition) is 6. The van der Waals surface area contributed by atoms with Crippen molar-refractivity contribution in [3.8, 4) is 17.7 Å². The summed E-state index contributed by atoms with van der Waals surface area (Å²) in [4.78, 5) is 9.37. The van der Waals surface area contributed by atoms with Gasteiger partial charge in [-0.25, -0.2) is 0 Å². The molecule has 1 saturated heterocycles. The summed E-state index contributed by atoms with van der Waals surface area (Å²) < 4.78 is 10.8. The van der Waals surface area contributed by atoms with E-state index in [0.717, 1.165) is 13.1 Å². The first-order valence-corrected chi connectivity index (χ1v) is 5.99. The first-order chi connectivity index (χ1) is 9.26. The Kier molecular flexibility index (Phi) is 3.03. The van der Waals surface area contributed by atoms with Crippen molar-refractivity contribution in [1.29, 1.82) is 5.26 Å². The summed E-state index contributed by atoms with van der Waals surface area (Å²) in [5.74, 6) is 0.906. The second-order valence-corrected chi connectivity index (χ2v) is 4.48. The van der Waals surface area contributed by atoms with Crippen molar-refractivity contribution in [2.75, 3.05) is 26.7 Å². The van der Waals surface area contributed by atoms with Crippen molar-refractivity contribution in [2.45, 2.75) is 6.10 Å². The predicted molar refractivity (Wildman–Crippen MR) is 65.0 cm³/mol. The Morgan fingerprint density at radius 3 is 3.16 bits per heavy atom. The van der Waals surface area contributed by atoms with E-state index in [0.29, 0.717) is 29.7 Å². The molecule has 1 N–H and O–H groups in total. The van der Waals surface area contributed by atoms with Crippen molar-refractivity contribution >= 4 is 0 Å². The highest BCUT2D eigenvalue weighted by Crippen LogP contribution is 2.22. The third-order valence-corrected chi connectivity index (χ3v) is 3.04. The Morgan fingerprint density at radius 2 is 2.42 bits per heavy atom. The molecule has 1 atom stereocenters. The van der Waals surface area contributed by atoms with Gasteiger partial charge in [0.05, 0.1) is 6.61 Å². The zero-order valence-electron chi connectivity index (χ0n) is 10.5. The molecule has 0 radical (unpaired) electrons. The molecule has 1 aliphatic heterocycles. The summed E-state index contributed by atoms with van der Waals surface area (Å²) >= 11 is 0. The molecule has 1 unspecified atom stereocenters. The van der Waals surface area contributed by atoms with E-state index in [-0.39, 0.29) is 6.10 Å². The van der Waals surface area contributed by atoms with Gasteiger partial charge in [-0.1, -0.05) is 5.16 Å². The molecule has 98 valence electrons. The molecule has 7 heteroatoms. The molecule has 1 fully saturated rings. The molecule has 1 aliphatic rings. The van der Waals surface area contributed by atoms with Crippen LogP contribution in [0.3, 0.4) is 0 Å². The minimum Gasteiger partial charge on any atom is -0.367 e. The Labute approximate surface area is 109 Å². The number of H-pyrrole nitrogens is 1. The Hall–Kier alpha value is -2.17. The minimum atomic E-state index is -0.165. The van der Waals surface area contributed by atoms with E-state index in [1.54, 1.807) is 12.1 Å². The summed E-state index contributed by atoms with van der Waals surface area (Å²) in [6, 6.07) is 5.43. The van der Waals surface area contributed by atoms with Crippen LogP contribution in [-0.2, 0) is 4.74 Å². The van der Waals surface area contributed by atoms with E-state index in [4.69, 9.17) is 14.5 Å². The summed E-state index contributed by atoms with van der Waals surface area (Å²) in [5.41, 5.74) is 1.10. The van der Waals surface area contributed by atoms with Crippen LogP contribution >= 0.6 is 0 Å². The van der Waals surface area contributed by atoms with Crippen LogP contribution in [0.25, 0.3) is 11.6 Å². The Morgan fingerprint density at radius 1 is 1.53 bits per heavy atom. The van der Waals surface area contributed by atoms with Gasteiger partial charge in [0.15, 0.2) is 0 Å². The largest absolute Gasteiger partial charge is 0.367 e. The van der Waals surface area contributed by atoms with E-state index in [1.807, 2.05) is 13.1 Å². The summed E-state index contributed by atoms with van der Waals surface area (Å²) in [7, 11) is 2.03. The molecule has 3 rings (SSSR count). The van der Waals surface area contributed by atoms with Crippen LogP contribution in [0.5, 0.6) is 0 Å². The number of morpholine rings is 1. The number of aromatic nitrogens is 3. The van der Waals surface area contributed by atoms with E-state index >= 15 is 0 Å². The zero-order valence-corrected chi connectivity index (χ0v) is 10.5. The highest BCUT2D eigenvalue weighted by molar-refractivity contribution is 5.49. The van der Waals surface area contributed by atoms with Gasteiger partial charge >= 0.3 is 0 Å². The Bertz CT molecular complexity index is 612. The van der Waals surface area contributed by atoms with Crippen LogP contribution in [-0.4, -0.2) is 46.8 Å². The van der Waals surface area contributed by atoms with Gasteiger partial charge in [0.1, 0.15) is 23.6 Å². The van der Waals surface area contributed by atoms with Gasteiger partial charge in [0, 0.05) is 13.1 Å². The fraction of sp³-hybridized carbons (Fsp3) is 0.417. The lowest BCUT2D eigenvalue weighted by molar-refractivity contribution is -0.0264. The molecule has 2 aromatic heterocycles. The fourth-order valence-corrected chi connectivity index (χ4v) is 1.99. The van der Waals surface area contributed by atoms with Crippen molar-refractivity contribution < 1.29 is 9.26 Å². The molecule has 0 saturated carbocycles. The van der Waals surface area contributed by atoms with Gasteiger partial charge in [0.2, 0.25) is 5.82 Å². The maximum absolute atomic E-state index is 8.76. The van der Waals surface area contributed by atoms with Gasteiger partial charge in [0.25, 0.3) is 5.89 Å². The molecule has 0 aromatic carbocycles. The number of hydrogen-bond donors (Lipinski definition) is 1. The van der Waals surface area contributed by atoms with Crippen LogP contribution in [0.1, 0.15) is 17.6 Å². The van der Waals surface area contributed by atoms with E-state index < -0.39 is 0 Å². The lowest BCUT2D eigenvalue weighted by atomic mass is 10.3. The average molecular weight is 259 g/mol. The number of likely N-dealkylation sites (N-methyl/N-ethyl adjacent to an activating group) is 1. The number of nitrogens with one attached hydrogen (secondary N) is 1. The maximum Gasteiger partial charge on any atom is 0.274 e. The molecule has 7 nitrogen and oxygen atoms in total. The number of aromatic amines is 1. The van der Waals surface area contributed by atoms with E-state index in [2.05, 4.69) is 20.0 Å². The average Bonchev–Trinajstić information content (AvgIpc) is 3.07. The third-order valence-electron chi connectivity index (χ3n) is 3.04. The smallest absolute Gasteiger partial charge is 0.274 e. The van der Waals surface area contributed by atoms with Crippen LogP contribution in [0.4, 0.5) is 0 Å². The van der Waals surface area contributed by atoms with Crippen LogP contribution in [0, 0.1) is 11.3 Å². The van der Waals surface area contributed by atoms with Crippen molar-refractivity contribution in [3.05, 3.63) is 23.7 Å². The Balaban J connectivity index is 1.81. The highest BCUT2D eigenvalue weighted by atomic mass is 16.5. The molecule has 19 heavy (non-hydrogen) atoms. The quantitative estimate of drug-likeness (QED) is 0.863. The monoisotopic (exact) mass is 259 g/mol. The van der Waals surface area contributed by atoms with E-state index in [9.17, 15) is 0 Å². The molecule has 0 bridgehead atoms. The molecule has 0 amide bonds. The minimum absolute atomic E-state index is 0.165. The lowest BCUT2D eigenvalue weighted by Gasteiger charge is -2.27. The predicted octanol–water partition coefficient (Wildman–Crippen LogP) is 0.939. The topological polar surface area (TPSA) is 91.0 Å². The van der Waals surface area contributed by atoms with Gasteiger partial charge in [-0.3, -0.25) is 0 Å². The lowest BCUT2D eigenvalue weighted by Crippen LogP contribution is -2.35. The van der Waals surface area contributed by atoms with Crippen LogP contribution < -0.4 is 0 Å². The second-order valence-electron chi connectivity index (χ2n) is 4.48. The van der Waals surface area contributed by atoms with Crippen LogP contribution in [0.15, 0.2) is 16.7 Å². The SMILES string of the molecule is CN1CCOC(c2noc(-c3ccc(C#N)[nH]3)n2)C1. The highest BCUT2D eigenvalue weighted by Gasteiger charge is 2.24. The second kappa shape index (κ2) is 4.84. The molecular weight excluding hydrogens is 246 g/mol. The number of rotatable bonds is 2. The summed E-state index contributed by atoms with van der Waals surface area (Å²) in [6.45, 7) is 2.31. The standard InChI is InChI=1S/C12H13N5O2/c1-17-4-5-18-10(7-17)11-15-12(19-16-11)9-3-2-8(6-13)14-9/h2-3,10,14H,4-5,7H2,1H3. The van der Waals surface area contributed by atoms with Crippen molar-refractivity contribution in [2.24, 2.45) is 0 Å². The molecule has 0 spiro atoms. The van der Waals surface area contributed by atoms with Gasteiger partial charge in [-0.05, 0) is 19.2 Å². The van der Waals surface area contributed by atoms with Gasteiger partial charge in [-0.15, -0.1) is 0 Å². The third kappa shape index (κ3) is 2.36. The summed E-state index contributed by atoms with van der Waals surface area (Å²) in [6.07, 6.45) is -0.165. The number of nitrogens with zero attached hydrogens (tertiary/aromatic N) is 4. The number of nitriles is 1. The van der Waals surface area contributed by atoms with Crippen molar-refractivity contribution in [1.82, 2.24) is 20.0 Å². The normalized spacial score (nSPS) is 20.3. The molecule has 0 aliphatic carbocycles. The first kappa shape index (κ1) is 11.9. The van der Waals surface area contributed by atoms with E-state index in [1.165, 1.54) is 0 Å². The fourth-order valence-electron chi connectivity index (χ4n) is 1.99. The zero-order chi connectivity index (χ0) is 13.2. The maximum atomic E-state index is 8.76. The van der Waals surface area contributed by atoms with Gasteiger partial charge < -0.3 is 19.1 Å². The first-order valence-electron chi connectivity index (χ1n) is 5.99. The summed E-state index contributed by atoms with van der Waals surface area (Å²) in [5, 5.41) is 12.7. The van der Waals surface area contributed by atoms with Gasteiger partial charge in [-0.2, -0.15) is 10.2 Å². The molecular formula is C12H13N5O2.